The van der Waals surface area contributed by atoms with Crippen molar-refractivity contribution >= 4 is 22.9 Å². The fraction of sp³-hybridized carbons (Fsp3) is 0.133. The Hall–Kier alpha value is -1.87. The Morgan fingerprint density at radius 2 is 2.06 bits per heavy atom. The summed E-state index contributed by atoms with van der Waals surface area (Å²) in [5.41, 5.74) is 3.09. The molecule has 0 radical (unpaired) electrons. The predicted octanol–water partition coefficient (Wildman–Crippen LogP) is 4.29. The molecule has 0 unspecified atom stereocenters. The zero-order chi connectivity index (χ0) is 13.5. The summed E-state index contributed by atoms with van der Waals surface area (Å²) in [4.78, 5) is 11.0. The Labute approximate surface area is 111 Å². The van der Waals surface area contributed by atoms with Crippen molar-refractivity contribution in [2.75, 3.05) is 0 Å². The molecule has 1 heterocycles. The third kappa shape index (κ3) is 3.57. The first-order valence-corrected chi connectivity index (χ1v) is 6.45. The number of thiophene rings is 1. The van der Waals surface area contributed by atoms with Crippen LogP contribution in [0.3, 0.4) is 0 Å². The highest BCUT2D eigenvalue weighted by atomic mass is 32.1. The molecule has 1 N–H and O–H groups in total. The summed E-state index contributed by atoms with van der Waals surface area (Å²) in [5.74, 6) is -0.888. The van der Waals surface area contributed by atoms with Crippen molar-refractivity contribution in [3.05, 3.63) is 64.4 Å². The van der Waals surface area contributed by atoms with Crippen LogP contribution < -0.4 is 0 Å². The van der Waals surface area contributed by atoms with Crippen LogP contribution in [0, 0.1) is 0 Å². The van der Waals surface area contributed by atoms with Crippen LogP contribution in [0.25, 0.3) is 5.57 Å². The number of rotatable bonds is 5. The minimum atomic E-state index is -0.888. The largest absolute Gasteiger partial charge is 0.478 e. The summed E-state index contributed by atoms with van der Waals surface area (Å²) >= 11 is 1.59. The van der Waals surface area contributed by atoms with Crippen LogP contribution in [0.5, 0.6) is 0 Å². The minimum absolute atomic E-state index is 0.361. The maximum Gasteiger partial charge on any atom is 0.331 e. The molecule has 3 heteroatoms. The highest BCUT2D eigenvalue weighted by Gasteiger charge is 2.11. The topological polar surface area (TPSA) is 37.3 Å². The van der Waals surface area contributed by atoms with Gasteiger partial charge in [-0.2, -0.15) is 11.3 Å². The monoisotopic (exact) mass is 260 g/mol. The smallest absolute Gasteiger partial charge is 0.331 e. The zero-order valence-electron chi connectivity index (χ0n) is 10.5. The number of carboxylic acids is 1. The van der Waals surface area contributed by atoms with E-state index in [1.54, 1.807) is 24.3 Å². The molecule has 0 aliphatic rings. The van der Waals surface area contributed by atoms with Gasteiger partial charge in [0.2, 0.25) is 0 Å². The Morgan fingerprint density at radius 1 is 1.33 bits per heavy atom. The molecule has 0 aromatic carbocycles. The quantitative estimate of drug-likeness (QED) is 0.633. The molecule has 18 heavy (non-hydrogen) atoms. The Kier molecular flexibility index (Phi) is 5.33. The van der Waals surface area contributed by atoms with Crippen LogP contribution in [0.1, 0.15) is 19.4 Å². The molecule has 1 aromatic rings. The summed E-state index contributed by atoms with van der Waals surface area (Å²) in [5, 5.41) is 13.0. The Morgan fingerprint density at radius 3 is 2.56 bits per heavy atom. The maximum absolute atomic E-state index is 11.0. The highest BCUT2D eigenvalue weighted by Crippen LogP contribution is 2.27. The van der Waals surface area contributed by atoms with Crippen molar-refractivity contribution in [1.82, 2.24) is 0 Å². The maximum atomic E-state index is 11.0. The van der Waals surface area contributed by atoms with Crippen LogP contribution in [-0.2, 0) is 4.79 Å². The molecular formula is C15H16O2S. The summed E-state index contributed by atoms with van der Waals surface area (Å²) in [6.45, 7) is 7.06. The van der Waals surface area contributed by atoms with Crippen molar-refractivity contribution in [2.24, 2.45) is 0 Å². The van der Waals surface area contributed by atoms with Crippen LogP contribution >= 0.6 is 11.3 Å². The number of allylic oxidation sites excluding steroid dienone is 6. The third-order valence-electron chi connectivity index (χ3n) is 2.63. The fourth-order valence-electron chi connectivity index (χ4n) is 1.45. The zero-order valence-corrected chi connectivity index (χ0v) is 11.3. The average Bonchev–Trinajstić information content (AvgIpc) is 2.86. The van der Waals surface area contributed by atoms with Gasteiger partial charge < -0.3 is 5.11 Å². The first-order valence-electron chi connectivity index (χ1n) is 5.51. The molecule has 94 valence electrons. The molecule has 1 aromatic heterocycles. The van der Waals surface area contributed by atoms with Crippen molar-refractivity contribution in [2.45, 2.75) is 13.8 Å². The lowest BCUT2D eigenvalue weighted by Crippen LogP contribution is -2.00. The summed E-state index contributed by atoms with van der Waals surface area (Å²) in [7, 11) is 0. The number of carbonyl (C=O) groups is 1. The average molecular weight is 260 g/mol. The van der Waals surface area contributed by atoms with Crippen LogP contribution in [0.15, 0.2) is 58.9 Å². The molecule has 0 aliphatic carbocycles. The summed E-state index contributed by atoms with van der Waals surface area (Å²) < 4.78 is 0. The first kappa shape index (κ1) is 14.2. The van der Waals surface area contributed by atoms with Gasteiger partial charge in [-0.3, -0.25) is 0 Å². The molecule has 0 bridgehead atoms. The van der Waals surface area contributed by atoms with E-state index in [2.05, 4.69) is 6.58 Å². The van der Waals surface area contributed by atoms with Gasteiger partial charge in [0, 0.05) is 5.57 Å². The molecule has 0 spiro atoms. The number of carboxylic acid groups (broad SMARTS) is 1. The van der Waals surface area contributed by atoms with E-state index in [-0.39, 0.29) is 0 Å². The van der Waals surface area contributed by atoms with Gasteiger partial charge in [-0.15, -0.1) is 0 Å². The Bertz CT molecular complexity index is 517. The van der Waals surface area contributed by atoms with E-state index in [0.717, 1.165) is 16.7 Å². The normalized spacial score (nSPS) is 13.6. The molecule has 0 saturated carbocycles. The van der Waals surface area contributed by atoms with Gasteiger partial charge in [-0.1, -0.05) is 30.9 Å². The predicted molar refractivity (Wildman–Crippen MR) is 77.6 cm³/mol. The number of hydrogen-bond donors (Lipinski definition) is 1. The van der Waals surface area contributed by atoms with Gasteiger partial charge in [0.25, 0.3) is 0 Å². The van der Waals surface area contributed by atoms with Crippen LogP contribution in [0.4, 0.5) is 0 Å². The van der Waals surface area contributed by atoms with Crippen molar-refractivity contribution < 1.29 is 9.90 Å². The van der Waals surface area contributed by atoms with E-state index in [9.17, 15) is 4.79 Å². The minimum Gasteiger partial charge on any atom is -0.478 e. The van der Waals surface area contributed by atoms with E-state index in [1.165, 1.54) is 0 Å². The van der Waals surface area contributed by atoms with Crippen LogP contribution in [-0.4, -0.2) is 11.1 Å². The van der Waals surface area contributed by atoms with Gasteiger partial charge >= 0.3 is 5.97 Å². The van der Waals surface area contributed by atoms with E-state index in [4.69, 9.17) is 5.11 Å². The molecule has 0 aliphatic heterocycles. The number of aliphatic carboxylic acids is 1. The second-order valence-corrected chi connectivity index (χ2v) is 4.55. The second kappa shape index (κ2) is 6.77. The molecule has 0 saturated heterocycles. The third-order valence-corrected chi connectivity index (χ3v) is 3.31. The molecular weight excluding hydrogens is 244 g/mol. The molecule has 0 amide bonds. The van der Waals surface area contributed by atoms with Crippen molar-refractivity contribution in [3.63, 3.8) is 0 Å². The molecule has 0 fully saturated rings. The summed E-state index contributed by atoms with van der Waals surface area (Å²) in [6.07, 6.45) is 7.27. The van der Waals surface area contributed by atoms with E-state index < -0.39 is 5.97 Å². The van der Waals surface area contributed by atoms with Gasteiger partial charge in [-0.05, 0) is 47.4 Å². The van der Waals surface area contributed by atoms with Gasteiger partial charge in [0.1, 0.15) is 0 Å². The van der Waals surface area contributed by atoms with E-state index >= 15 is 0 Å². The SMILES string of the molecule is C=C/C=C/C=C(/C(C)=C(\C)C(=O)O)c1ccsc1. The first-order chi connectivity index (χ1) is 8.57. The standard InChI is InChI=1S/C15H16O2S/c1-4-5-6-7-14(13-8-9-18-10-13)11(2)12(3)15(16)17/h4-10H,1H2,2-3H3,(H,16,17)/b6-5+,12-11+,14-7-. The Balaban J connectivity index is 3.26. The summed E-state index contributed by atoms with van der Waals surface area (Å²) in [6, 6.07) is 1.98. The number of hydrogen-bond acceptors (Lipinski definition) is 2. The van der Waals surface area contributed by atoms with Gasteiger partial charge in [0.15, 0.2) is 0 Å². The van der Waals surface area contributed by atoms with Crippen LogP contribution in [0.2, 0.25) is 0 Å². The fourth-order valence-corrected chi connectivity index (χ4v) is 2.10. The highest BCUT2D eigenvalue weighted by molar-refractivity contribution is 7.08. The van der Waals surface area contributed by atoms with Gasteiger partial charge in [-0.25, -0.2) is 4.79 Å². The lowest BCUT2D eigenvalue weighted by molar-refractivity contribution is -0.132. The van der Waals surface area contributed by atoms with E-state index in [0.29, 0.717) is 5.57 Å². The lowest BCUT2D eigenvalue weighted by Gasteiger charge is -2.08. The molecule has 2 nitrogen and oxygen atoms in total. The molecule has 0 atom stereocenters. The van der Waals surface area contributed by atoms with E-state index in [1.807, 2.05) is 42.0 Å². The molecule has 1 rings (SSSR count). The van der Waals surface area contributed by atoms with Crippen molar-refractivity contribution in [1.29, 1.82) is 0 Å². The van der Waals surface area contributed by atoms with Gasteiger partial charge in [0.05, 0.1) is 0 Å². The lowest BCUT2D eigenvalue weighted by atomic mass is 9.97. The van der Waals surface area contributed by atoms with Crippen molar-refractivity contribution in [3.8, 4) is 0 Å². The second-order valence-electron chi connectivity index (χ2n) is 3.77.